The highest BCUT2D eigenvalue weighted by Gasteiger charge is 2.04. The number of aromatic nitrogens is 2. The second kappa shape index (κ2) is 7.27. The summed E-state index contributed by atoms with van der Waals surface area (Å²) in [7, 11) is 0. The van der Waals surface area contributed by atoms with Crippen molar-refractivity contribution in [3.8, 4) is 0 Å². The molecule has 0 bridgehead atoms. The molecule has 0 N–H and O–H groups in total. The molecule has 100 valence electrons. The van der Waals surface area contributed by atoms with Crippen LogP contribution in [-0.2, 0) is 12.2 Å². The van der Waals surface area contributed by atoms with Crippen LogP contribution in [0.2, 0.25) is 5.15 Å². The van der Waals surface area contributed by atoms with E-state index in [0.29, 0.717) is 5.15 Å². The summed E-state index contributed by atoms with van der Waals surface area (Å²) in [5.74, 6) is 1.53. The van der Waals surface area contributed by atoms with Crippen molar-refractivity contribution in [2.45, 2.75) is 30.4 Å². The van der Waals surface area contributed by atoms with E-state index in [0.717, 1.165) is 34.6 Å². The summed E-state index contributed by atoms with van der Waals surface area (Å²) in [5, 5.41) is 0.532. The van der Waals surface area contributed by atoms with Crippen LogP contribution < -0.4 is 0 Å². The maximum absolute atomic E-state index is 6.02. The van der Waals surface area contributed by atoms with Crippen LogP contribution >= 0.6 is 39.3 Å². The van der Waals surface area contributed by atoms with Crippen LogP contribution in [0.15, 0.2) is 39.7 Å². The zero-order valence-electron chi connectivity index (χ0n) is 10.6. The van der Waals surface area contributed by atoms with E-state index in [1.807, 2.05) is 18.2 Å². The highest BCUT2D eigenvalue weighted by atomic mass is 79.9. The van der Waals surface area contributed by atoms with Gasteiger partial charge in [-0.05, 0) is 36.8 Å². The predicted molar refractivity (Wildman–Crippen MR) is 84.7 cm³/mol. The summed E-state index contributed by atoms with van der Waals surface area (Å²) in [4.78, 5) is 10.0. The molecule has 0 saturated heterocycles. The molecule has 0 spiro atoms. The third-order valence-corrected chi connectivity index (χ3v) is 4.21. The first kappa shape index (κ1) is 14.8. The standard InChI is InChI=1S/C14H14BrClN2S/c1-2-3-11-8-13(16)18-14(17-11)9-19-12-6-4-10(15)5-7-12/h4-8H,2-3,9H2,1H3. The zero-order valence-corrected chi connectivity index (χ0v) is 13.7. The summed E-state index contributed by atoms with van der Waals surface area (Å²) in [6, 6.07) is 10.1. The molecule has 2 nitrogen and oxygen atoms in total. The molecule has 0 fully saturated rings. The molecule has 0 amide bonds. The number of halogens is 2. The summed E-state index contributed by atoms with van der Waals surface area (Å²) in [6.45, 7) is 2.13. The molecule has 19 heavy (non-hydrogen) atoms. The molecule has 5 heteroatoms. The fourth-order valence-corrected chi connectivity index (χ4v) is 2.88. The van der Waals surface area contributed by atoms with Gasteiger partial charge in [0.15, 0.2) is 0 Å². The molecule has 0 aliphatic carbocycles. The van der Waals surface area contributed by atoms with Crippen molar-refractivity contribution in [3.63, 3.8) is 0 Å². The molecule has 1 heterocycles. The van der Waals surface area contributed by atoms with Crippen molar-refractivity contribution in [2.75, 3.05) is 0 Å². The van der Waals surface area contributed by atoms with Gasteiger partial charge in [-0.15, -0.1) is 11.8 Å². The number of rotatable bonds is 5. The Morgan fingerprint density at radius 2 is 1.95 bits per heavy atom. The van der Waals surface area contributed by atoms with Gasteiger partial charge in [0.2, 0.25) is 0 Å². The molecular weight excluding hydrogens is 344 g/mol. The molecule has 2 rings (SSSR count). The van der Waals surface area contributed by atoms with Gasteiger partial charge in [0.1, 0.15) is 11.0 Å². The minimum absolute atomic E-state index is 0.532. The summed E-state index contributed by atoms with van der Waals surface area (Å²) in [6.07, 6.45) is 2.00. The maximum atomic E-state index is 6.02. The molecule has 0 unspecified atom stereocenters. The highest BCUT2D eigenvalue weighted by molar-refractivity contribution is 9.10. The van der Waals surface area contributed by atoms with E-state index in [2.05, 4.69) is 45.0 Å². The molecule has 0 aliphatic rings. The Bertz CT molecular complexity index is 546. The Labute approximate surface area is 131 Å². The monoisotopic (exact) mass is 356 g/mol. The lowest BCUT2D eigenvalue weighted by Crippen LogP contribution is -1.98. The SMILES string of the molecule is CCCc1cc(Cl)nc(CSc2ccc(Br)cc2)n1. The third kappa shape index (κ3) is 4.79. The fourth-order valence-electron chi connectivity index (χ4n) is 1.64. The lowest BCUT2D eigenvalue weighted by Gasteiger charge is -2.04. The lowest BCUT2D eigenvalue weighted by atomic mass is 10.2. The topological polar surface area (TPSA) is 25.8 Å². The van der Waals surface area contributed by atoms with Crippen LogP contribution in [-0.4, -0.2) is 9.97 Å². The van der Waals surface area contributed by atoms with Gasteiger partial charge in [0.05, 0.1) is 5.75 Å². The van der Waals surface area contributed by atoms with Crippen molar-refractivity contribution in [1.82, 2.24) is 9.97 Å². The molecular formula is C14H14BrClN2S. The minimum atomic E-state index is 0.532. The summed E-state index contributed by atoms with van der Waals surface area (Å²) < 4.78 is 1.08. The van der Waals surface area contributed by atoms with E-state index in [1.165, 1.54) is 4.90 Å². The second-order valence-corrected chi connectivity index (χ2v) is 6.44. The van der Waals surface area contributed by atoms with E-state index in [1.54, 1.807) is 11.8 Å². The Morgan fingerprint density at radius 1 is 1.21 bits per heavy atom. The lowest BCUT2D eigenvalue weighted by molar-refractivity contribution is 0.853. The first-order chi connectivity index (χ1) is 9.17. The zero-order chi connectivity index (χ0) is 13.7. The van der Waals surface area contributed by atoms with Crippen LogP contribution in [0.4, 0.5) is 0 Å². The Kier molecular flexibility index (Phi) is 5.67. The van der Waals surface area contributed by atoms with Crippen LogP contribution in [0.3, 0.4) is 0 Å². The van der Waals surface area contributed by atoms with Gasteiger partial charge in [0, 0.05) is 15.1 Å². The smallest absolute Gasteiger partial charge is 0.140 e. The van der Waals surface area contributed by atoms with Gasteiger partial charge in [-0.25, -0.2) is 9.97 Å². The van der Waals surface area contributed by atoms with Crippen LogP contribution in [0, 0.1) is 0 Å². The van der Waals surface area contributed by atoms with Crippen LogP contribution in [0.5, 0.6) is 0 Å². The largest absolute Gasteiger partial charge is 0.237 e. The average Bonchev–Trinajstić information content (AvgIpc) is 2.38. The molecule has 1 aromatic heterocycles. The van der Waals surface area contributed by atoms with Crippen LogP contribution in [0.1, 0.15) is 24.9 Å². The van der Waals surface area contributed by atoms with Crippen molar-refractivity contribution in [2.24, 2.45) is 0 Å². The van der Waals surface area contributed by atoms with Gasteiger partial charge in [-0.1, -0.05) is 40.9 Å². The van der Waals surface area contributed by atoms with E-state index in [-0.39, 0.29) is 0 Å². The average molecular weight is 358 g/mol. The second-order valence-electron chi connectivity index (χ2n) is 4.09. The van der Waals surface area contributed by atoms with Crippen molar-refractivity contribution in [1.29, 1.82) is 0 Å². The van der Waals surface area contributed by atoms with Crippen molar-refractivity contribution >= 4 is 39.3 Å². The first-order valence-corrected chi connectivity index (χ1v) is 8.23. The summed E-state index contributed by atoms with van der Waals surface area (Å²) >= 11 is 11.2. The van der Waals surface area contributed by atoms with Gasteiger partial charge < -0.3 is 0 Å². The van der Waals surface area contributed by atoms with Crippen LogP contribution in [0.25, 0.3) is 0 Å². The number of hydrogen-bond donors (Lipinski definition) is 0. The van der Waals surface area contributed by atoms with E-state index in [9.17, 15) is 0 Å². The third-order valence-electron chi connectivity index (χ3n) is 2.48. The number of aryl methyl sites for hydroxylation is 1. The molecule has 0 radical (unpaired) electrons. The van der Waals surface area contributed by atoms with E-state index >= 15 is 0 Å². The summed E-state index contributed by atoms with van der Waals surface area (Å²) in [5.41, 5.74) is 1.02. The van der Waals surface area contributed by atoms with E-state index in [4.69, 9.17) is 11.6 Å². The number of thioether (sulfide) groups is 1. The minimum Gasteiger partial charge on any atom is -0.237 e. The Morgan fingerprint density at radius 3 is 2.63 bits per heavy atom. The first-order valence-electron chi connectivity index (χ1n) is 6.08. The normalized spacial score (nSPS) is 10.7. The molecule has 1 aromatic carbocycles. The Hall–Kier alpha value is -0.580. The molecule has 2 aromatic rings. The van der Waals surface area contributed by atoms with Gasteiger partial charge in [0.25, 0.3) is 0 Å². The highest BCUT2D eigenvalue weighted by Crippen LogP contribution is 2.24. The molecule has 0 saturated carbocycles. The Balaban J connectivity index is 2.04. The number of nitrogens with zero attached hydrogens (tertiary/aromatic N) is 2. The quantitative estimate of drug-likeness (QED) is 0.547. The van der Waals surface area contributed by atoms with Crippen molar-refractivity contribution in [3.05, 3.63) is 51.5 Å². The predicted octanol–water partition coefficient (Wildman–Crippen LogP) is 5.14. The molecule has 0 atom stereocenters. The number of benzene rings is 1. The van der Waals surface area contributed by atoms with Gasteiger partial charge in [-0.2, -0.15) is 0 Å². The van der Waals surface area contributed by atoms with E-state index < -0.39 is 0 Å². The fraction of sp³-hybridized carbons (Fsp3) is 0.286. The number of hydrogen-bond acceptors (Lipinski definition) is 3. The maximum Gasteiger partial charge on any atom is 0.140 e. The molecule has 0 aliphatic heterocycles. The van der Waals surface area contributed by atoms with Gasteiger partial charge >= 0.3 is 0 Å². The van der Waals surface area contributed by atoms with Crippen molar-refractivity contribution < 1.29 is 0 Å². The van der Waals surface area contributed by atoms with Gasteiger partial charge in [-0.3, -0.25) is 0 Å².